The number of carbonyl (C=O) groups is 2. The molecule has 0 saturated carbocycles. The van der Waals surface area contributed by atoms with Crippen LogP contribution in [0.4, 0.5) is 9.18 Å². The largest absolute Gasteiger partial charge is 0.494 e. The highest BCUT2D eigenvalue weighted by molar-refractivity contribution is 5.72. The first kappa shape index (κ1) is 29.4. The summed E-state index contributed by atoms with van der Waals surface area (Å²) in [6.45, 7) is 3.34. The average Bonchev–Trinajstić information content (AvgIpc) is 2.94. The molecular formula is C30H34FNO7. The van der Waals surface area contributed by atoms with Crippen molar-refractivity contribution in [2.24, 2.45) is 0 Å². The van der Waals surface area contributed by atoms with Gasteiger partial charge in [0.2, 0.25) is 0 Å². The molecule has 3 aromatic carbocycles. The number of hydrogen-bond donors (Lipinski definition) is 1. The second-order valence-electron chi connectivity index (χ2n) is 8.63. The van der Waals surface area contributed by atoms with Crippen LogP contribution in [0.1, 0.15) is 25.3 Å². The minimum Gasteiger partial charge on any atom is -0.494 e. The number of hydrogen-bond acceptors (Lipinski definition) is 6. The lowest BCUT2D eigenvalue weighted by atomic mass is 10.1. The number of carbonyl (C=O) groups excluding carboxylic acids is 1. The zero-order chi connectivity index (χ0) is 27.9. The minimum absolute atomic E-state index is 0.136. The van der Waals surface area contributed by atoms with Gasteiger partial charge in [-0.05, 0) is 61.7 Å². The van der Waals surface area contributed by atoms with Gasteiger partial charge >= 0.3 is 12.1 Å². The number of aliphatic carboxylic acids is 1. The molecular weight excluding hydrogens is 505 g/mol. The Kier molecular flexibility index (Phi) is 12.1. The lowest BCUT2D eigenvalue weighted by Crippen LogP contribution is -2.37. The van der Waals surface area contributed by atoms with E-state index in [-0.39, 0.29) is 25.3 Å². The molecule has 3 aromatic rings. The van der Waals surface area contributed by atoms with Crippen molar-refractivity contribution in [1.29, 1.82) is 0 Å². The molecule has 3 rings (SSSR count). The molecule has 8 nitrogen and oxygen atoms in total. The zero-order valence-electron chi connectivity index (χ0n) is 22.0. The SMILES string of the molecule is CCOC(Cc1ccc(OCCN(CCCCOc2ccccc2)C(=O)Oc2ccccc2F)cc1)C(=O)O. The normalized spacial score (nSPS) is 11.4. The molecule has 0 heterocycles. The third-order valence-corrected chi connectivity index (χ3v) is 5.74. The standard InChI is InChI=1S/C30H34FNO7/c1-2-36-28(29(33)34)22-23-14-16-25(17-15-23)38-21-19-32(30(35)39-27-13-7-6-12-26(27)31)18-8-9-20-37-24-10-4-3-5-11-24/h3-7,10-17,28H,2,8-9,18-22H2,1H3,(H,33,34). The van der Waals surface area contributed by atoms with Crippen LogP contribution in [0.2, 0.25) is 0 Å². The molecule has 208 valence electrons. The summed E-state index contributed by atoms with van der Waals surface area (Å²) in [5.74, 6) is -0.410. The van der Waals surface area contributed by atoms with Gasteiger partial charge in [0.25, 0.3) is 0 Å². The van der Waals surface area contributed by atoms with E-state index in [2.05, 4.69) is 0 Å². The van der Waals surface area contributed by atoms with Gasteiger partial charge in [-0.25, -0.2) is 14.0 Å². The molecule has 0 fully saturated rings. The van der Waals surface area contributed by atoms with E-state index >= 15 is 0 Å². The molecule has 0 aromatic heterocycles. The maximum Gasteiger partial charge on any atom is 0.415 e. The van der Waals surface area contributed by atoms with Gasteiger partial charge in [-0.3, -0.25) is 0 Å². The Bertz CT molecular complexity index is 1160. The summed E-state index contributed by atoms with van der Waals surface area (Å²) in [5, 5.41) is 9.27. The fourth-order valence-electron chi connectivity index (χ4n) is 3.72. The first-order valence-electron chi connectivity index (χ1n) is 12.9. The first-order chi connectivity index (χ1) is 19.0. The van der Waals surface area contributed by atoms with Crippen molar-refractivity contribution in [2.45, 2.75) is 32.3 Å². The van der Waals surface area contributed by atoms with E-state index < -0.39 is 24.0 Å². The molecule has 0 radical (unpaired) electrons. The summed E-state index contributed by atoms with van der Waals surface area (Å²) < 4.78 is 36.1. The van der Waals surface area contributed by atoms with Gasteiger partial charge in [-0.15, -0.1) is 0 Å². The fraction of sp³-hybridized carbons (Fsp3) is 0.333. The van der Waals surface area contributed by atoms with Gasteiger partial charge in [0.15, 0.2) is 17.7 Å². The molecule has 1 amide bonds. The number of nitrogens with zero attached hydrogens (tertiary/aromatic N) is 1. The van der Waals surface area contributed by atoms with Gasteiger partial charge in [-0.2, -0.15) is 0 Å². The van der Waals surface area contributed by atoms with Crippen molar-refractivity contribution in [3.63, 3.8) is 0 Å². The van der Waals surface area contributed by atoms with Crippen molar-refractivity contribution >= 4 is 12.1 Å². The Hall–Kier alpha value is -4.11. The van der Waals surface area contributed by atoms with Crippen LogP contribution in [0.25, 0.3) is 0 Å². The van der Waals surface area contributed by atoms with Crippen LogP contribution in [-0.2, 0) is 16.0 Å². The van der Waals surface area contributed by atoms with Crippen molar-refractivity contribution < 1.29 is 38.0 Å². The number of para-hydroxylation sites is 2. The quantitative estimate of drug-likeness (QED) is 0.237. The zero-order valence-corrected chi connectivity index (χ0v) is 22.0. The minimum atomic E-state index is -1.01. The van der Waals surface area contributed by atoms with Crippen molar-refractivity contribution in [3.05, 3.63) is 90.2 Å². The number of amides is 1. The Balaban J connectivity index is 1.51. The summed E-state index contributed by atoms with van der Waals surface area (Å²) in [5.41, 5.74) is 0.802. The molecule has 0 spiro atoms. The molecule has 0 aliphatic rings. The topological polar surface area (TPSA) is 94.5 Å². The average molecular weight is 540 g/mol. The van der Waals surface area contributed by atoms with Crippen LogP contribution < -0.4 is 14.2 Å². The first-order valence-corrected chi connectivity index (χ1v) is 12.9. The van der Waals surface area contributed by atoms with Gasteiger partial charge in [0.05, 0.1) is 13.2 Å². The molecule has 1 atom stereocenters. The maximum absolute atomic E-state index is 14.0. The van der Waals surface area contributed by atoms with Crippen LogP contribution in [0, 0.1) is 5.82 Å². The van der Waals surface area contributed by atoms with Gasteiger partial charge in [0, 0.05) is 19.6 Å². The predicted octanol–water partition coefficient (Wildman–Crippen LogP) is 5.60. The number of unbranched alkanes of at least 4 members (excludes halogenated alkanes) is 1. The Morgan fingerprint density at radius 3 is 2.21 bits per heavy atom. The second kappa shape index (κ2) is 16.0. The molecule has 9 heteroatoms. The Morgan fingerprint density at radius 2 is 1.51 bits per heavy atom. The summed E-state index contributed by atoms with van der Waals surface area (Å²) >= 11 is 0. The van der Waals surface area contributed by atoms with Crippen LogP contribution in [0.15, 0.2) is 78.9 Å². The third-order valence-electron chi connectivity index (χ3n) is 5.74. The summed E-state index contributed by atoms with van der Waals surface area (Å²) in [7, 11) is 0. The summed E-state index contributed by atoms with van der Waals surface area (Å²) in [6, 6.07) is 22.3. The Labute approximate surface area is 227 Å². The Morgan fingerprint density at radius 1 is 0.846 bits per heavy atom. The van der Waals surface area contributed by atoms with Crippen molar-refractivity contribution in [2.75, 3.05) is 32.9 Å². The van der Waals surface area contributed by atoms with E-state index in [0.717, 1.165) is 11.3 Å². The van der Waals surface area contributed by atoms with Gasteiger partial charge in [0.1, 0.15) is 18.1 Å². The number of carboxylic acids is 1. The van der Waals surface area contributed by atoms with Crippen molar-refractivity contribution in [3.8, 4) is 17.2 Å². The van der Waals surface area contributed by atoms with E-state index in [9.17, 15) is 19.1 Å². The predicted molar refractivity (Wildman–Crippen MR) is 144 cm³/mol. The smallest absolute Gasteiger partial charge is 0.415 e. The monoisotopic (exact) mass is 539 g/mol. The number of halogens is 1. The molecule has 1 unspecified atom stereocenters. The lowest BCUT2D eigenvalue weighted by molar-refractivity contribution is -0.149. The summed E-state index contributed by atoms with van der Waals surface area (Å²) in [4.78, 5) is 25.6. The molecule has 1 N–H and O–H groups in total. The van der Waals surface area contributed by atoms with Gasteiger partial charge in [-0.1, -0.05) is 42.5 Å². The molecule has 0 aliphatic heterocycles. The number of carboxylic acid groups (broad SMARTS) is 1. The third kappa shape index (κ3) is 10.3. The fourth-order valence-corrected chi connectivity index (χ4v) is 3.72. The van der Waals surface area contributed by atoms with Crippen LogP contribution >= 0.6 is 0 Å². The van der Waals surface area contributed by atoms with E-state index in [1.807, 2.05) is 30.3 Å². The van der Waals surface area contributed by atoms with Crippen LogP contribution in [0.3, 0.4) is 0 Å². The van der Waals surface area contributed by atoms with Crippen LogP contribution in [0.5, 0.6) is 17.2 Å². The number of benzene rings is 3. The lowest BCUT2D eigenvalue weighted by Gasteiger charge is -2.22. The van der Waals surface area contributed by atoms with E-state index in [0.29, 0.717) is 38.3 Å². The molecule has 0 bridgehead atoms. The molecule has 39 heavy (non-hydrogen) atoms. The van der Waals surface area contributed by atoms with E-state index in [1.165, 1.54) is 23.1 Å². The maximum atomic E-state index is 14.0. The highest BCUT2D eigenvalue weighted by atomic mass is 19.1. The highest BCUT2D eigenvalue weighted by Gasteiger charge is 2.19. The highest BCUT2D eigenvalue weighted by Crippen LogP contribution is 2.18. The summed E-state index contributed by atoms with van der Waals surface area (Å²) in [6.07, 6.45) is 0.0262. The van der Waals surface area contributed by atoms with E-state index in [4.69, 9.17) is 18.9 Å². The number of ether oxygens (including phenoxy) is 4. The molecule has 0 saturated heterocycles. The molecule has 0 aliphatic carbocycles. The van der Waals surface area contributed by atoms with Gasteiger partial charge < -0.3 is 29.0 Å². The van der Waals surface area contributed by atoms with E-state index in [1.54, 1.807) is 37.3 Å². The van der Waals surface area contributed by atoms with Crippen LogP contribution in [-0.4, -0.2) is 61.1 Å². The second-order valence-corrected chi connectivity index (χ2v) is 8.63. The number of rotatable bonds is 16. The van der Waals surface area contributed by atoms with Crippen molar-refractivity contribution in [1.82, 2.24) is 4.90 Å².